The van der Waals surface area contributed by atoms with Crippen LogP contribution in [0.25, 0.3) is 0 Å². The number of nitro groups is 1. The summed E-state index contributed by atoms with van der Waals surface area (Å²) in [5, 5.41) is 33.3. The van der Waals surface area contributed by atoms with Gasteiger partial charge in [-0.05, 0) is 45.8 Å². The summed E-state index contributed by atoms with van der Waals surface area (Å²) in [7, 11) is 0. The first-order chi connectivity index (χ1) is 10.9. The second-order valence-corrected chi connectivity index (χ2v) is 5.22. The number of halogens is 1. The maximum atomic E-state index is 11.9. The molecule has 1 amide bonds. The second-order valence-electron chi connectivity index (χ2n) is 4.37. The number of phenols is 2. The van der Waals surface area contributed by atoms with E-state index in [-0.39, 0.29) is 17.0 Å². The molecule has 0 aliphatic heterocycles. The number of non-ortho nitro benzene ring substituents is 1. The number of hydrogen-bond donors (Lipinski definition) is 3. The number of hydrogen-bond acceptors (Lipinski definition) is 6. The third kappa shape index (κ3) is 4.04. The number of nitrogens with zero attached hydrogens (tertiary/aromatic N) is 2. The molecule has 2 aromatic rings. The summed E-state index contributed by atoms with van der Waals surface area (Å²) < 4.78 is 0.462. The van der Waals surface area contributed by atoms with Gasteiger partial charge in [0.15, 0.2) is 0 Å². The van der Waals surface area contributed by atoms with Crippen LogP contribution in [0.15, 0.2) is 46.0 Å². The highest BCUT2D eigenvalue weighted by Crippen LogP contribution is 2.24. The Morgan fingerprint density at radius 3 is 2.57 bits per heavy atom. The molecule has 8 nitrogen and oxygen atoms in total. The number of carbonyl (C=O) groups excluding carboxylic acids is 1. The fourth-order valence-electron chi connectivity index (χ4n) is 1.65. The summed E-state index contributed by atoms with van der Waals surface area (Å²) in [4.78, 5) is 21.9. The molecule has 2 aromatic carbocycles. The van der Waals surface area contributed by atoms with Crippen LogP contribution in [0, 0.1) is 10.1 Å². The van der Waals surface area contributed by atoms with E-state index in [1.165, 1.54) is 12.3 Å². The number of amides is 1. The zero-order valence-corrected chi connectivity index (χ0v) is 13.0. The molecule has 118 valence electrons. The van der Waals surface area contributed by atoms with Crippen molar-refractivity contribution in [3.8, 4) is 11.5 Å². The van der Waals surface area contributed by atoms with Crippen molar-refractivity contribution in [2.45, 2.75) is 0 Å². The molecule has 0 spiro atoms. The van der Waals surface area contributed by atoms with E-state index >= 15 is 0 Å². The number of nitro benzene ring substituents is 1. The van der Waals surface area contributed by atoms with Crippen molar-refractivity contribution in [1.29, 1.82) is 0 Å². The van der Waals surface area contributed by atoms with E-state index in [1.54, 1.807) is 12.1 Å². The molecule has 0 radical (unpaired) electrons. The van der Waals surface area contributed by atoms with Crippen LogP contribution in [0.3, 0.4) is 0 Å². The first-order valence-corrected chi connectivity index (χ1v) is 6.97. The fourth-order valence-corrected chi connectivity index (χ4v) is 2.05. The zero-order chi connectivity index (χ0) is 17.0. The number of aromatic hydroxyl groups is 2. The molecular weight excluding hydrogens is 370 g/mol. The van der Waals surface area contributed by atoms with Gasteiger partial charge in [0.25, 0.3) is 11.6 Å². The molecular formula is C14H10BrN3O5. The molecule has 0 atom stereocenters. The summed E-state index contributed by atoms with van der Waals surface area (Å²) in [5.74, 6) is -1.12. The average Bonchev–Trinajstić information content (AvgIpc) is 2.51. The molecule has 0 saturated heterocycles. The second kappa shape index (κ2) is 6.88. The van der Waals surface area contributed by atoms with E-state index in [4.69, 9.17) is 0 Å². The van der Waals surface area contributed by atoms with Gasteiger partial charge in [-0.3, -0.25) is 14.9 Å². The van der Waals surface area contributed by atoms with E-state index in [0.717, 1.165) is 18.2 Å². The normalized spacial score (nSPS) is 10.7. The first kappa shape index (κ1) is 16.4. The highest BCUT2D eigenvalue weighted by atomic mass is 79.9. The Balaban J connectivity index is 2.13. The Morgan fingerprint density at radius 2 is 1.91 bits per heavy atom. The van der Waals surface area contributed by atoms with Crippen LogP contribution in [0.2, 0.25) is 0 Å². The first-order valence-electron chi connectivity index (χ1n) is 6.18. The van der Waals surface area contributed by atoms with Gasteiger partial charge < -0.3 is 10.2 Å². The highest BCUT2D eigenvalue weighted by molar-refractivity contribution is 9.10. The minimum absolute atomic E-state index is 0.0627. The maximum Gasteiger partial charge on any atom is 0.275 e. The SMILES string of the molecule is O=C(N/N=C\c1ccc(O)c(Br)c1)c1cc([N+](=O)[O-])ccc1O. The molecule has 0 aliphatic carbocycles. The minimum Gasteiger partial charge on any atom is -0.507 e. The lowest BCUT2D eigenvalue weighted by molar-refractivity contribution is -0.384. The molecule has 0 heterocycles. The van der Waals surface area contributed by atoms with Gasteiger partial charge in [-0.1, -0.05) is 0 Å². The molecule has 0 unspecified atom stereocenters. The Bertz CT molecular complexity index is 807. The highest BCUT2D eigenvalue weighted by Gasteiger charge is 2.15. The maximum absolute atomic E-state index is 11.9. The molecule has 2 rings (SSSR count). The fraction of sp³-hybridized carbons (Fsp3) is 0. The quantitative estimate of drug-likeness (QED) is 0.427. The lowest BCUT2D eigenvalue weighted by Gasteiger charge is -2.03. The Morgan fingerprint density at radius 1 is 1.22 bits per heavy atom. The lowest BCUT2D eigenvalue weighted by Crippen LogP contribution is -2.18. The number of benzene rings is 2. The predicted molar refractivity (Wildman–Crippen MR) is 85.6 cm³/mol. The van der Waals surface area contributed by atoms with Crippen molar-refractivity contribution < 1.29 is 19.9 Å². The van der Waals surface area contributed by atoms with E-state index < -0.39 is 16.6 Å². The van der Waals surface area contributed by atoms with Crippen LogP contribution in [-0.4, -0.2) is 27.3 Å². The van der Waals surface area contributed by atoms with E-state index in [0.29, 0.717) is 10.0 Å². The molecule has 0 aromatic heterocycles. The van der Waals surface area contributed by atoms with Crippen LogP contribution in [0.4, 0.5) is 5.69 Å². The predicted octanol–water partition coefficient (Wildman–Crippen LogP) is 2.53. The van der Waals surface area contributed by atoms with Gasteiger partial charge in [0.1, 0.15) is 11.5 Å². The van der Waals surface area contributed by atoms with Gasteiger partial charge in [-0.25, -0.2) is 5.43 Å². The molecule has 23 heavy (non-hydrogen) atoms. The van der Waals surface area contributed by atoms with Gasteiger partial charge in [0.05, 0.1) is 21.2 Å². The molecule has 0 fully saturated rings. The Kier molecular flexibility index (Phi) is 4.91. The number of hydrazone groups is 1. The van der Waals surface area contributed by atoms with Gasteiger partial charge in [0, 0.05) is 12.1 Å². The topological polar surface area (TPSA) is 125 Å². The van der Waals surface area contributed by atoms with Gasteiger partial charge in [-0.15, -0.1) is 0 Å². The largest absolute Gasteiger partial charge is 0.507 e. The molecule has 0 saturated carbocycles. The zero-order valence-electron chi connectivity index (χ0n) is 11.4. The molecule has 0 bridgehead atoms. The van der Waals surface area contributed by atoms with Crippen molar-refractivity contribution in [3.63, 3.8) is 0 Å². The summed E-state index contributed by atoms with van der Waals surface area (Å²) in [6, 6.07) is 7.70. The Labute approximate surface area is 138 Å². The van der Waals surface area contributed by atoms with Crippen LogP contribution >= 0.6 is 15.9 Å². The summed E-state index contributed by atoms with van der Waals surface area (Å²) in [5.41, 5.74) is 2.17. The number of rotatable bonds is 4. The number of nitrogens with one attached hydrogen (secondary N) is 1. The van der Waals surface area contributed by atoms with Gasteiger partial charge in [-0.2, -0.15) is 5.10 Å². The minimum atomic E-state index is -0.791. The van der Waals surface area contributed by atoms with Crippen LogP contribution in [0.5, 0.6) is 11.5 Å². The van der Waals surface area contributed by atoms with E-state index in [9.17, 15) is 25.1 Å². The molecule has 0 aliphatic rings. The average molecular weight is 380 g/mol. The van der Waals surface area contributed by atoms with Crippen molar-refractivity contribution >= 4 is 33.7 Å². The summed E-state index contributed by atoms with van der Waals surface area (Å²) in [6.07, 6.45) is 1.32. The third-order valence-corrected chi connectivity index (χ3v) is 3.42. The van der Waals surface area contributed by atoms with Crippen molar-refractivity contribution in [2.24, 2.45) is 5.10 Å². The van der Waals surface area contributed by atoms with E-state index in [2.05, 4.69) is 26.5 Å². The summed E-state index contributed by atoms with van der Waals surface area (Å²) in [6.45, 7) is 0. The van der Waals surface area contributed by atoms with E-state index in [1.807, 2.05) is 0 Å². The number of phenolic OH excluding ortho intramolecular Hbond substituents is 2. The van der Waals surface area contributed by atoms with Crippen molar-refractivity contribution in [2.75, 3.05) is 0 Å². The van der Waals surface area contributed by atoms with Crippen LogP contribution in [-0.2, 0) is 0 Å². The Hall–Kier alpha value is -2.94. The third-order valence-electron chi connectivity index (χ3n) is 2.79. The monoisotopic (exact) mass is 379 g/mol. The van der Waals surface area contributed by atoms with Crippen LogP contribution in [0.1, 0.15) is 15.9 Å². The smallest absolute Gasteiger partial charge is 0.275 e. The lowest BCUT2D eigenvalue weighted by atomic mass is 10.1. The number of carbonyl (C=O) groups is 1. The van der Waals surface area contributed by atoms with Gasteiger partial charge in [0.2, 0.25) is 0 Å². The molecule has 9 heteroatoms. The van der Waals surface area contributed by atoms with Crippen LogP contribution < -0.4 is 5.43 Å². The van der Waals surface area contributed by atoms with Crippen molar-refractivity contribution in [1.82, 2.24) is 5.43 Å². The standard InChI is InChI=1S/C14H10BrN3O5/c15-11-5-8(1-3-13(11)20)7-16-17-14(21)10-6-9(18(22)23)2-4-12(10)19/h1-7,19-20H,(H,17,21)/b16-7-. The molecule has 3 N–H and O–H groups in total. The van der Waals surface area contributed by atoms with Crippen molar-refractivity contribution in [3.05, 3.63) is 62.1 Å². The van der Waals surface area contributed by atoms with Gasteiger partial charge >= 0.3 is 0 Å². The summed E-state index contributed by atoms with van der Waals surface area (Å²) >= 11 is 3.14.